The molecule has 0 aromatic heterocycles. The van der Waals surface area contributed by atoms with Crippen LogP contribution in [0, 0.1) is 0 Å². The Morgan fingerprint density at radius 2 is 1.43 bits per heavy atom. The van der Waals surface area contributed by atoms with E-state index in [0.717, 1.165) is 23.1 Å². The average Bonchev–Trinajstić information content (AvgIpc) is 2.87. The van der Waals surface area contributed by atoms with Gasteiger partial charge in [0.05, 0.1) is 5.56 Å². The number of carbonyl (C=O) groups excluding carboxylic acids is 1. The van der Waals surface area contributed by atoms with Crippen LogP contribution in [0.2, 0.25) is 0 Å². The minimum absolute atomic E-state index is 0.0437. The summed E-state index contributed by atoms with van der Waals surface area (Å²) < 4.78 is 71.1. The van der Waals surface area contributed by atoms with Crippen LogP contribution in [0.5, 0.6) is 11.5 Å². The molecule has 0 aliphatic heterocycles. The fourth-order valence-corrected chi connectivity index (χ4v) is 5.09. The molecule has 0 spiro atoms. The number of halogens is 3. The molecule has 1 N–H and O–H groups in total. The van der Waals surface area contributed by atoms with Crippen molar-refractivity contribution < 1.29 is 36.3 Å². The SMILES string of the molecule is C[C@H](NP(=O)(Oc1ccccc1C(F)(F)F)Oc1cccc2ccccc12)C(=O)OCc1ccccc1. The molecule has 2 atom stereocenters. The fourth-order valence-electron chi connectivity index (χ4n) is 3.53. The second kappa shape index (κ2) is 11.1. The first kappa shape index (κ1) is 26.3. The van der Waals surface area contributed by atoms with Gasteiger partial charge >= 0.3 is 19.9 Å². The number of alkyl halides is 3. The van der Waals surface area contributed by atoms with E-state index in [0.29, 0.717) is 5.39 Å². The lowest BCUT2D eigenvalue weighted by Crippen LogP contribution is -2.36. The van der Waals surface area contributed by atoms with E-state index in [2.05, 4.69) is 5.09 Å². The zero-order chi connectivity index (χ0) is 26.5. The number of esters is 1. The van der Waals surface area contributed by atoms with Crippen molar-refractivity contribution in [3.63, 3.8) is 0 Å². The van der Waals surface area contributed by atoms with Gasteiger partial charge in [0.15, 0.2) is 0 Å². The van der Waals surface area contributed by atoms with Crippen molar-refractivity contribution in [1.82, 2.24) is 5.09 Å². The smallest absolute Gasteiger partial charge is 0.460 e. The van der Waals surface area contributed by atoms with Crippen molar-refractivity contribution in [3.05, 3.63) is 108 Å². The zero-order valence-corrected chi connectivity index (χ0v) is 20.5. The van der Waals surface area contributed by atoms with E-state index >= 15 is 0 Å². The summed E-state index contributed by atoms with van der Waals surface area (Å²) in [6.07, 6.45) is -4.78. The molecule has 0 saturated carbocycles. The number of hydrogen-bond donors (Lipinski definition) is 1. The maximum atomic E-state index is 13.9. The molecular formula is C27H23F3NO5P. The van der Waals surface area contributed by atoms with Crippen molar-refractivity contribution >= 4 is 24.5 Å². The van der Waals surface area contributed by atoms with Gasteiger partial charge in [-0.2, -0.15) is 18.3 Å². The Labute approximate surface area is 211 Å². The highest BCUT2D eigenvalue weighted by Crippen LogP contribution is 2.49. The molecule has 1 unspecified atom stereocenters. The Hall–Kier alpha value is -3.81. The van der Waals surface area contributed by atoms with Crippen molar-refractivity contribution in [2.45, 2.75) is 25.7 Å². The molecule has 4 aromatic rings. The maximum absolute atomic E-state index is 13.9. The summed E-state index contributed by atoms with van der Waals surface area (Å²) in [7, 11) is -4.62. The maximum Gasteiger partial charge on any atom is 0.513 e. The second-order valence-corrected chi connectivity index (χ2v) is 9.71. The molecule has 4 rings (SSSR count). The van der Waals surface area contributed by atoms with Crippen LogP contribution >= 0.6 is 7.75 Å². The number of hydrogen-bond acceptors (Lipinski definition) is 5. The lowest BCUT2D eigenvalue weighted by molar-refractivity contribution is -0.146. The molecule has 192 valence electrons. The molecule has 0 fully saturated rings. The Balaban J connectivity index is 1.63. The van der Waals surface area contributed by atoms with Crippen molar-refractivity contribution in [1.29, 1.82) is 0 Å². The highest BCUT2D eigenvalue weighted by molar-refractivity contribution is 7.52. The minimum Gasteiger partial charge on any atom is -0.460 e. The predicted octanol–water partition coefficient (Wildman–Crippen LogP) is 7.15. The van der Waals surface area contributed by atoms with Crippen LogP contribution in [0.4, 0.5) is 13.2 Å². The fraction of sp³-hybridized carbons (Fsp3) is 0.148. The first-order chi connectivity index (χ1) is 17.6. The average molecular weight is 529 g/mol. The number of nitrogens with one attached hydrogen (secondary N) is 1. The van der Waals surface area contributed by atoms with E-state index in [4.69, 9.17) is 13.8 Å². The lowest BCUT2D eigenvalue weighted by Gasteiger charge is -2.25. The normalized spacial score (nSPS) is 13.9. The van der Waals surface area contributed by atoms with Crippen molar-refractivity contribution in [2.24, 2.45) is 0 Å². The van der Waals surface area contributed by atoms with E-state index in [9.17, 15) is 22.5 Å². The molecule has 0 aliphatic carbocycles. The summed E-state index contributed by atoms with van der Waals surface area (Å²) in [5, 5.41) is 3.74. The van der Waals surface area contributed by atoms with Gasteiger partial charge in [0.25, 0.3) is 0 Å². The van der Waals surface area contributed by atoms with Gasteiger partial charge in [-0.05, 0) is 36.1 Å². The summed E-state index contributed by atoms with van der Waals surface area (Å²) in [6.45, 7) is 1.31. The highest BCUT2D eigenvalue weighted by Gasteiger charge is 2.39. The number of para-hydroxylation sites is 1. The highest BCUT2D eigenvalue weighted by atomic mass is 31.2. The molecular weight excluding hydrogens is 506 g/mol. The summed E-state index contributed by atoms with van der Waals surface area (Å²) in [5.74, 6) is -1.41. The molecule has 0 radical (unpaired) electrons. The summed E-state index contributed by atoms with van der Waals surface area (Å²) in [4.78, 5) is 12.6. The minimum atomic E-state index is -4.78. The molecule has 10 heteroatoms. The molecule has 0 bridgehead atoms. The molecule has 4 aromatic carbocycles. The van der Waals surface area contributed by atoms with Crippen LogP contribution in [0.25, 0.3) is 10.8 Å². The van der Waals surface area contributed by atoms with Gasteiger partial charge < -0.3 is 13.8 Å². The molecule has 6 nitrogen and oxygen atoms in total. The van der Waals surface area contributed by atoms with Crippen LogP contribution < -0.4 is 14.1 Å². The van der Waals surface area contributed by atoms with Gasteiger partial charge in [-0.1, -0.05) is 78.9 Å². The van der Waals surface area contributed by atoms with Gasteiger partial charge in [0.1, 0.15) is 24.1 Å². The first-order valence-corrected chi connectivity index (χ1v) is 12.8. The van der Waals surface area contributed by atoms with E-state index in [1.807, 2.05) is 6.07 Å². The van der Waals surface area contributed by atoms with Crippen molar-refractivity contribution in [3.8, 4) is 11.5 Å². The Morgan fingerprint density at radius 3 is 2.19 bits per heavy atom. The number of carbonyl (C=O) groups is 1. The van der Waals surface area contributed by atoms with E-state index in [1.165, 1.54) is 25.1 Å². The third-order valence-electron chi connectivity index (χ3n) is 5.31. The van der Waals surface area contributed by atoms with Crippen LogP contribution in [-0.4, -0.2) is 12.0 Å². The van der Waals surface area contributed by atoms with Gasteiger partial charge in [0.2, 0.25) is 0 Å². The van der Waals surface area contributed by atoms with Gasteiger partial charge in [0, 0.05) is 5.39 Å². The zero-order valence-electron chi connectivity index (χ0n) is 19.6. The lowest BCUT2D eigenvalue weighted by atomic mass is 10.1. The van der Waals surface area contributed by atoms with Crippen LogP contribution in [0.15, 0.2) is 97.1 Å². The molecule has 0 aliphatic rings. The van der Waals surface area contributed by atoms with Crippen molar-refractivity contribution in [2.75, 3.05) is 0 Å². The summed E-state index contributed by atoms with van der Waals surface area (Å²) in [5.41, 5.74) is -0.411. The monoisotopic (exact) mass is 529 g/mol. The molecule has 37 heavy (non-hydrogen) atoms. The Morgan fingerprint density at radius 1 is 0.838 bits per heavy atom. The predicted molar refractivity (Wildman–Crippen MR) is 133 cm³/mol. The van der Waals surface area contributed by atoms with Gasteiger partial charge in [-0.3, -0.25) is 4.79 Å². The quantitative estimate of drug-likeness (QED) is 0.183. The Bertz CT molecular complexity index is 1420. The van der Waals surface area contributed by atoms with E-state index in [-0.39, 0.29) is 12.4 Å². The second-order valence-electron chi connectivity index (χ2n) is 8.10. The number of rotatable bonds is 9. The van der Waals surface area contributed by atoms with Crippen LogP contribution in [0.3, 0.4) is 0 Å². The molecule has 0 heterocycles. The topological polar surface area (TPSA) is 73.9 Å². The number of ether oxygens (including phenoxy) is 1. The molecule has 0 amide bonds. The summed E-state index contributed by atoms with van der Waals surface area (Å²) in [6, 6.07) is 23.9. The van der Waals surface area contributed by atoms with Gasteiger partial charge in [-0.25, -0.2) is 4.57 Å². The standard InChI is InChI=1S/C27H23F3NO5P/c1-19(26(32)34-18-20-10-3-2-4-11-20)31-37(33,36-25-16-8-7-15-23(25)27(28,29)30)35-24-17-9-13-21-12-5-6-14-22(21)24/h2-17,19H,18H2,1H3,(H,31,33)/t19-,37?/m0/s1. The first-order valence-electron chi connectivity index (χ1n) is 11.3. The number of fused-ring (bicyclic) bond motifs is 1. The third kappa shape index (κ3) is 6.70. The number of benzene rings is 4. The Kier molecular flexibility index (Phi) is 7.86. The van der Waals surface area contributed by atoms with E-state index < -0.39 is 37.2 Å². The van der Waals surface area contributed by atoms with Crippen LogP contribution in [-0.2, 0) is 26.9 Å². The van der Waals surface area contributed by atoms with Gasteiger partial charge in [-0.15, -0.1) is 0 Å². The molecule has 0 saturated heterocycles. The summed E-state index contributed by atoms with van der Waals surface area (Å²) >= 11 is 0. The largest absolute Gasteiger partial charge is 0.513 e. The third-order valence-corrected chi connectivity index (χ3v) is 6.89. The van der Waals surface area contributed by atoms with E-state index in [1.54, 1.807) is 60.7 Å². The van der Waals surface area contributed by atoms with Crippen LogP contribution in [0.1, 0.15) is 18.1 Å².